The zero-order chi connectivity index (χ0) is 14.0. The minimum absolute atomic E-state index is 0.0891. The number of aliphatic hydroxyl groups excluding tert-OH is 1. The van der Waals surface area contributed by atoms with Gasteiger partial charge in [-0.05, 0) is 25.8 Å². The Morgan fingerprint density at radius 2 is 2.11 bits per heavy atom. The van der Waals surface area contributed by atoms with E-state index in [-0.39, 0.29) is 11.9 Å². The highest BCUT2D eigenvalue weighted by Gasteiger charge is 2.28. The second kappa shape index (κ2) is 5.61. The van der Waals surface area contributed by atoms with Crippen molar-refractivity contribution in [2.45, 2.75) is 31.9 Å². The van der Waals surface area contributed by atoms with Gasteiger partial charge in [-0.3, -0.25) is 4.79 Å². The fourth-order valence-corrected chi connectivity index (χ4v) is 2.67. The SMILES string of the molecule is CC(C(=O)N(C)C)N1CCCC(O)c2ccccc21. The lowest BCUT2D eigenvalue weighted by Gasteiger charge is -2.32. The molecule has 1 aliphatic rings. The Balaban J connectivity index is 2.36. The van der Waals surface area contributed by atoms with E-state index in [1.807, 2.05) is 31.2 Å². The summed E-state index contributed by atoms with van der Waals surface area (Å²) < 4.78 is 0. The number of aliphatic hydroxyl groups is 1. The summed E-state index contributed by atoms with van der Waals surface area (Å²) in [7, 11) is 3.55. The van der Waals surface area contributed by atoms with Gasteiger partial charge in [-0.1, -0.05) is 18.2 Å². The quantitative estimate of drug-likeness (QED) is 0.884. The lowest BCUT2D eigenvalue weighted by atomic mass is 10.0. The minimum Gasteiger partial charge on any atom is -0.388 e. The monoisotopic (exact) mass is 262 g/mol. The van der Waals surface area contributed by atoms with E-state index in [4.69, 9.17) is 0 Å². The van der Waals surface area contributed by atoms with Crippen molar-refractivity contribution in [2.75, 3.05) is 25.5 Å². The summed E-state index contributed by atoms with van der Waals surface area (Å²) in [6.07, 6.45) is 1.21. The van der Waals surface area contributed by atoms with Crippen LogP contribution in [-0.2, 0) is 4.79 Å². The highest BCUT2D eigenvalue weighted by molar-refractivity contribution is 5.85. The first-order valence-electron chi connectivity index (χ1n) is 6.77. The van der Waals surface area contributed by atoms with Gasteiger partial charge >= 0.3 is 0 Å². The molecule has 1 aliphatic heterocycles. The third-order valence-electron chi connectivity index (χ3n) is 3.75. The first-order valence-corrected chi connectivity index (χ1v) is 6.77. The van der Waals surface area contributed by atoms with Gasteiger partial charge in [0.15, 0.2) is 0 Å². The van der Waals surface area contributed by atoms with Gasteiger partial charge in [0.05, 0.1) is 6.10 Å². The third-order valence-corrected chi connectivity index (χ3v) is 3.75. The predicted octanol–water partition coefficient (Wildman–Crippen LogP) is 1.80. The van der Waals surface area contributed by atoms with Gasteiger partial charge in [0, 0.05) is 31.9 Å². The molecule has 104 valence electrons. The van der Waals surface area contributed by atoms with E-state index in [1.54, 1.807) is 19.0 Å². The number of rotatable bonds is 2. The first kappa shape index (κ1) is 13.9. The number of carbonyl (C=O) groups excluding carboxylic acids is 1. The molecule has 4 heteroatoms. The first-order chi connectivity index (χ1) is 9.02. The number of fused-ring (bicyclic) bond motifs is 1. The van der Waals surface area contributed by atoms with E-state index in [9.17, 15) is 9.90 Å². The standard InChI is InChI=1S/C15H22N2O2/c1-11(15(19)16(2)3)17-10-6-9-14(18)12-7-4-5-8-13(12)17/h4-5,7-8,11,14,18H,6,9-10H2,1-3H3. The van der Waals surface area contributed by atoms with Gasteiger partial charge in [-0.25, -0.2) is 0 Å². The highest BCUT2D eigenvalue weighted by atomic mass is 16.3. The molecule has 1 aromatic rings. The third kappa shape index (κ3) is 2.73. The number of nitrogens with zero attached hydrogens (tertiary/aromatic N) is 2. The molecule has 1 heterocycles. The molecular formula is C15H22N2O2. The number of carbonyl (C=O) groups is 1. The molecule has 0 aromatic heterocycles. The van der Waals surface area contributed by atoms with E-state index in [2.05, 4.69) is 4.90 Å². The largest absolute Gasteiger partial charge is 0.388 e. The van der Waals surface area contributed by atoms with Gasteiger partial charge in [0.1, 0.15) is 6.04 Å². The van der Waals surface area contributed by atoms with Crippen LogP contribution in [0.5, 0.6) is 0 Å². The summed E-state index contributed by atoms with van der Waals surface area (Å²) in [4.78, 5) is 15.9. The minimum atomic E-state index is -0.428. The van der Waals surface area contributed by atoms with Crippen molar-refractivity contribution in [2.24, 2.45) is 0 Å². The maximum Gasteiger partial charge on any atom is 0.244 e. The van der Waals surface area contributed by atoms with Crippen LogP contribution in [0.3, 0.4) is 0 Å². The molecule has 4 nitrogen and oxygen atoms in total. The Labute approximate surface area is 114 Å². The van der Waals surface area contributed by atoms with Crippen LogP contribution in [-0.4, -0.2) is 42.6 Å². The number of anilines is 1. The number of likely N-dealkylation sites (N-methyl/N-ethyl adjacent to an activating group) is 1. The van der Waals surface area contributed by atoms with Gasteiger partial charge in [-0.15, -0.1) is 0 Å². The Morgan fingerprint density at radius 3 is 2.79 bits per heavy atom. The van der Waals surface area contributed by atoms with Crippen molar-refractivity contribution >= 4 is 11.6 Å². The Hall–Kier alpha value is -1.55. The normalized spacial score (nSPS) is 20.4. The smallest absolute Gasteiger partial charge is 0.244 e. The van der Waals surface area contributed by atoms with Gasteiger partial charge < -0.3 is 14.9 Å². The zero-order valence-electron chi connectivity index (χ0n) is 11.8. The van der Waals surface area contributed by atoms with Crippen LogP contribution < -0.4 is 4.90 Å². The maximum atomic E-state index is 12.2. The lowest BCUT2D eigenvalue weighted by molar-refractivity contribution is -0.129. The topological polar surface area (TPSA) is 43.8 Å². The molecule has 0 fully saturated rings. The van der Waals surface area contributed by atoms with Crippen molar-refractivity contribution in [3.05, 3.63) is 29.8 Å². The van der Waals surface area contributed by atoms with Crippen LogP contribution in [0.15, 0.2) is 24.3 Å². The summed E-state index contributed by atoms with van der Waals surface area (Å²) in [5.74, 6) is 0.0891. The molecule has 1 aromatic carbocycles. The number of hydrogen-bond donors (Lipinski definition) is 1. The summed E-state index contributed by atoms with van der Waals surface area (Å²) in [6, 6.07) is 7.62. The highest BCUT2D eigenvalue weighted by Crippen LogP contribution is 2.33. The molecule has 1 amide bonds. The molecular weight excluding hydrogens is 240 g/mol. The van der Waals surface area contributed by atoms with Crippen molar-refractivity contribution in [3.63, 3.8) is 0 Å². The second-order valence-electron chi connectivity index (χ2n) is 5.32. The average molecular weight is 262 g/mol. The van der Waals surface area contributed by atoms with E-state index in [1.165, 1.54) is 0 Å². The molecule has 0 saturated heterocycles. The molecule has 0 radical (unpaired) electrons. The summed E-state index contributed by atoms with van der Waals surface area (Å²) in [5.41, 5.74) is 1.91. The molecule has 2 unspecified atom stereocenters. The Kier molecular flexibility index (Phi) is 4.10. The lowest BCUT2D eigenvalue weighted by Crippen LogP contribution is -2.45. The van der Waals surface area contributed by atoms with Crippen molar-refractivity contribution in [1.29, 1.82) is 0 Å². The predicted molar refractivity (Wildman–Crippen MR) is 76.1 cm³/mol. The van der Waals surface area contributed by atoms with Gasteiger partial charge in [-0.2, -0.15) is 0 Å². The van der Waals surface area contributed by atoms with Crippen LogP contribution in [0.1, 0.15) is 31.4 Å². The van der Waals surface area contributed by atoms with E-state index in [0.29, 0.717) is 0 Å². The molecule has 0 bridgehead atoms. The average Bonchev–Trinajstić information content (AvgIpc) is 2.57. The molecule has 0 aliphatic carbocycles. The van der Waals surface area contributed by atoms with E-state index < -0.39 is 6.10 Å². The summed E-state index contributed by atoms with van der Waals surface area (Å²) in [5, 5.41) is 10.2. The molecule has 2 atom stereocenters. The van der Waals surface area contributed by atoms with Crippen molar-refractivity contribution < 1.29 is 9.90 Å². The van der Waals surface area contributed by atoms with E-state index >= 15 is 0 Å². The molecule has 1 N–H and O–H groups in total. The maximum absolute atomic E-state index is 12.2. The molecule has 2 rings (SSSR count). The molecule has 19 heavy (non-hydrogen) atoms. The Bertz CT molecular complexity index is 459. The molecule has 0 saturated carbocycles. The molecule has 0 spiro atoms. The van der Waals surface area contributed by atoms with Crippen molar-refractivity contribution in [3.8, 4) is 0 Å². The van der Waals surface area contributed by atoms with E-state index in [0.717, 1.165) is 30.6 Å². The van der Waals surface area contributed by atoms with Crippen LogP contribution in [0, 0.1) is 0 Å². The Morgan fingerprint density at radius 1 is 1.42 bits per heavy atom. The van der Waals surface area contributed by atoms with Crippen LogP contribution in [0.4, 0.5) is 5.69 Å². The van der Waals surface area contributed by atoms with Crippen LogP contribution >= 0.6 is 0 Å². The fourth-order valence-electron chi connectivity index (χ4n) is 2.67. The van der Waals surface area contributed by atoms with Gasteiger partial charge in [0.25, 0.3) is 0 Å². The number of hydrogen-bond acceptors (Lipinski definition) is 3. The van der Waals surface area contributed by atoms with Crippen LogP contribution in [0.2, 0.25) is 0 Å². The van der Waals surface area contributed by atoms with Crippen molar-refractivity contribution in [1.82, 2.24) is 4.90 Å². The number of benzene rings is 1. The van der Waals surface area contributed by atoms with Gasteiger partial charge in [0.2, 0.25) is 5.91 Å². The summed E-state index contributed by atoms with van der Waals surface area (Å²) >= 11 is 0. The fraction of sp³-hybridized carbons (Fsp3) is 0.533. The van der Waals surface area contributed by atoms with Crippen LogP contribution in [0.25, 0.3) is 0 Å². The number of amides is 1. The second-order valence-corrected chi connectivity index (χ2v) is 5.32. The summed E-state index contributed by atoms with van der Waals surface area (Å²) in [6.45, 7) is 2.73. The number of para-hydroxylation sites is 1. The zero-order valence-corrected chi connectivity index (χ0v) is 11.8.